The summed E-state index contributed by atoms with van der Waals surface area (Å²) in [7, 11) is 0. The number of likely N-dealkylation sites (tertiary alicyclic amines) is 1. The summed E-state index contributed by atoms with van der Waals surface area (Å²) in [4.78, 5) is 16.4. The number of alkyl halides is 3. The summed E-state index contributed by atoms with van der Waals surface area (Å²) < 4.78 is 43.2. The first-order valence-electron chi connectivity index (χ1n) is 6.45. The molecule has 5 nitrogen and oxygen atoms in total. The van der Waals surface area contributed by atoms with E-state index in [1.54, 1.807) is 6.07 Å². The molecule has 2 N–H and O–H groups in total. The fourth-order valence-corrected chi connectivity index (χ4v) is 2.50. The van der Waals surface area contributed by atoms with E-state index in [0.29, 0.717) is 11.1 Å². The minimum Gasteiger partial charge on any atom is -0.463 e. The van der Waals surface area contributed by atoms with Crippen LogP contribution >= 0.6 is 0 Å². The highest BCUT2D eigenvalue weighted by atomic mass is 19.4. The van der Waals surface area contributed by atoms with E-state index in [9.17, 15) is 23.1 Å². The van der Waals surface area contributed by atoms with Crippen LogP contribution in [0.2, 0.25) is 0 Å². The number of aliphatic hydroxyl groups is 1. The van der Waals surface area contributed by atoms with Crippen molar-refractivity contribution < 1.29 is 27.5 Å². The first-order chi connectivity index (χ1) is 9.80. The number of furan rings is 1. The molecule has 114 valence electrons. The Morgan fingerprint density at radius 3 is 2.62 bits per heavy atom. The minimum atomic E-state index is -4.67. The summed E-state index contributed by atoms with van der Waals surface area (Å²) in [6.45, 7) is -0.287. The van der Waals surface area contributed by atoms with E-state index in [2.05, 4.69) is 4.98 Å². The fraction of sp³-hybridized carbons (Fsp3) is 0.462. The zero-order valence-electron chi connectivity index (χ0n) is 10.9. The van der Waals surface area contributed by atoms with Gasteiger partial charge in [-0.15, -0.1) is 0 Å². The number of aromatic nitrogens is 1. The van der Waals surface area contributed by atoms with E-state index in [0.717, 1.165) is 0 Å². The van der Waals surface area contributed by atoms with Crippen LogP contribution in [0.3, 0.4) is 0 Å². The van der Waals surface area contributed by atoms with Crippen LogP contribution < -0.4 is 0 Å². The number of piperidine rings is 1. The van der Waals surface area contributed by atoms with Crippen molar-refractivity contribution in [2.24, 2.45) is 0 Å². The fourth-order valence-electron chi connectivity index (χ4n) is 2.50. The van der Waals surface area contributed by atoms with Gasteiger partial charge in [-0.25, -0.2) is 0 Å². The predicted octanol–water partition coefficient (Wildman–Crippen LogP) is 2.29. The molecular formula is C13H13F3N2O3. The van der Waals surface area contributed by atoms with Crippen molar-refractivity contribution in [1.82, 2.24) is 9.88 Å². The number of hydrogen-bond acceptors (Lipinski definition) is 3. The van der Waals surface area contributed by atoms with Gasteiger partial charge in [0.25, 0.3) is 5.91 Å². The second-order valence-corrected chi connectivity index (χ2v) is 5.20. The molecule has 8 heteroatoms. The van der Waals surface area contributed by atoms with E-state index < -0.39 is 30.5 Å². The van der Waals surface area contributed by atoms with Gasteiger partial charge in [0.2, 0.25) is 0 Å². The number of halogens is 3. The smallest absolute Gasteiger partial charge is 0.417 e. The van der Waals surface area contributed by atoms with Crippen LogP contribution in [-0.4, -0.2) is 45.8 Å². The Balaban J connectivity index is 1.72. The number of rotatable bonds is 1. The summed E-state index contributed by atoms with van der Waals surface area (Å²) in [5.41, 5.74) is -1.27. The van der Waals surface area contributed by atoms with Crippen molar-refractivity contribution >= 4 is 17.0 Å². The van der Waals surface area contributed by atoms with Gasteiger partial charge in [-0.2, -0.15) is 13.2 Å². The number of carbonyl (C=O) groups is 1. The lowest BCUT2D eigenvalue weighted by molar-refractivity contribution is -0.271. The lowest BCUT2D eigenvalue weighted by Crippen LogP contribution is -2.54. The maximum Gasteiger partial charge on any atom is 0.417 e. The van der Waals surface area contributed by atoms with E-state index in [1.165, 1.54) is 17.2 Å². The van der Waals surface area contributed by atoms with E-state index in [4.69, 9.17) is 4.42 Å². The SMILES string of the molecule is O=C(c1cc2occc2[nH]1)N1CCC(O)(C(F)(F)F)CC1. The number of nitrogens with one attached hydrogen (secondary N) is 1. The molecule has 0 radical (unpaired) electrons. The zero-order chi connectivity index (χ0) is 15.3. The van der Waals surface area contributed by atoms with Gasteiger partial charge in [-0.3, -0.25) is 4.79 Å². The Kier molecular flexibility index (Phi) is 3.01. The first-order valence-corrected chi connectivity index (χ1v) is 6.45. The number of H-pyrrole nitrogens is 1. The average molecular weight is 302 g/mol. The van der Waals surface area contributed by atoms with Crippen molar-refractivity contribution in [2.45, 2.75) is 24.6 Å². The number of fused-ring (bicyclic) bond motifs is 1. The molecule has 2 aromatic rings. The van der Waals surface area contributed by atoms with Crippen LogP contribution in [0.4, 0.5) is 13.2 Å². The van der Waals surface area contributed by atoms with Crippen LogP contribution in [0.5, 0.6) is 0 Å². The number of hydrogen-bond donors (Lipinski definition) is 2. The molecule has 1 aliphatic heterocycles. The van der Waals surface area contributed by atoms with Gasteiger partial charge < -0.3 is 19.4 Å². The van der Waals surface area contributed by atoms with Gasteiger partial charge in [0.1, 0.15) is 5.69 Å². The topological polar surface area (TPSA) is 69.5 Å². The largest absolute Gasteiger partial charge is 0.463 e. The molecule has 0 aliphatic carbocycles. The molecule has 0 saturated carbocycles. The Bertz CT molecular complexity index is 637. The molecule has 1 aliphatic rings. The quantitative estimate of drug-likeness (QED) is 0.849. The van der Waals surface area contributed by atoms with Gasteiger partial charge >= 0.3 is 6.18 Å². The molecule has 21 heavy (non-hydrogen) atoms. The molecule has 1 saturated heterocycles. The van der Waals surface area contributed by atoms with Gasteiger partial charge in [-0.1, -0.05) is 0 Å². The Morgan fingerprint density at radius 2 is 2.05 bits per heavy atom. The highest BCUT2D eigenvalue weighted by molar-refractivity contribution is 5.96. The minimum absolute atomic E-state index is 0.144. The monoisotopic (exact) mass is 302 g/mol. The Labute approximate surface area is 117 Å². The molecular weight excluding hydrogens is 289 g/mol. The lowest BCUT2D eigenvalue weighted by Gasteiger charge is -2.38. The Morgan fingerprint density at radius 1 is 1.38 bits per heavy atom. The average Bonchev–Trinajstić information content (AvgIpc) is 2.98. The number of nitrogens with zero attached hydrogens (tertiary/aromatic N) is 1. The normalized spacial score (nSPS) is 19.1. The molecule has 0 atom stereocenters. The molecule has 0 aromatic carbocycles. The second-order valence-electron chi connectivity index (χ2n) is 5.20. The van der Waals surface area contributed by atoms with Crippen molar-refractivity contribution in [1.29, 1.82) is 0 Å². The van der Waals surface area contributed by atoms with Gasteiger partial charge in [0.05, 0.1) is 11.8 Å². The van der Waals surface area contributed by atoms with Crippen LogP contribution in [-0.2, 0) is 0 Å². The third-order valence-corrected chi connectivity index (χ3v) is 3.88. The molecule has 1 fully saturated rings. The molecule has 2 aromatic heterocycles. The standard InChI is InChI=1S/C13H13F3N2O3/c14-13(15,16)12(20)2-4-18(5-3-12)11(19)9-7-10-8(17-9)1-6-21-10/h1,6-7,17,20H,2-5H2. The number of amides is 1. The summed E-state index contributed by atoms with van der Waals surface area (Å²) >= 11 is 0. The van der Waals surface area contributed by atoms with Gasteiger partial charge in [0.15, 0.2) is 11.2 Å². The van der Waals surface area contributed by atoms with Crippen LogP contribution in [0.1, 0.15) is 23.3 Å². The maximum absolute atomic E-state index is 12.7. The molecule has 1 amide bonds. The second kappa shape index (κ2) is 4.52. The molecule has 0 bridgehead atoms. The first kappa shape index (κ1) is 14.0. The van der Waals surface area contributed by atoms with Gasteiger partial charge in [-0.05, 0) is 0 Å². The van der Waals surface area contributed by atoms with E-state index >= 15 is 0 Å². The van der Waals surface area contributed by atoms with Crippen molar-refractivity contribution in [3.05, 3.63) is 24.1 Å². The van der Waals surface area contributed by atoms with Crippen LogP contribution in [0.25, 0.3) is 11.1 Å². The highest BCUT2D eigenvalue weighted by Gasteiger charge is 2.54. The Hall–Kier alpha value is -1.96. The lowest BCUT2D eigenvalue weighted by atomic mass is 9.90. The molecule has 0 spiro atoms. The summed E-state index contributed by atoms with van der Waals surface area (Å²) in [6, 6.07) is 3.17. The maximum atomic E-state index is 12.7. The zero-order valence-corrected chi connectivity index (χ0v) is 10.9. The highest BCUT2D eigenvalue weighted by Crippen LogP contribution is 2.38. The van der Waals surface area contributed by atoms with Crippen LogP contribution in [0, 0.1) is 0 Å². The van der Waals surface area contributed by atoms with Crippen molar-refractivity contribution in [3.63, 3.8) is 0 Å². The third-order valence-electron chi connectivity index (χ3n) is 3.88. The predicted molar refractivity (Wildman–Crippen MR) is 66.7 cm³/mol. The van der Waals surface area contributed by atoms with E-state index in [1.807, 2.05) is 0 Å². The molecule has 3 heterocycles. The third kappa shape index (κ3) is 2.29. The van der Waals surface area contributed by atoms with Crippen molar-refractivity contribution in [2.75, 3.05) is 13.1 Å². The summed E-state index contributed by atoms with van der Waals surface area (Å²) in [5, 5.41) is 9.57. The van der Waals surface area contributed by atoms with E-state index in [-0.39, 0.29) is 18.8 Å². The van der Waals surface area contributed by atoms with Gasteiger partial charge in [0, 0.05) is 38.1 Å². The van der Waals surface area contributed by atoms with Crippen LogP contribution in [0.15, 0.2) is 22.8 Å². The number of aromatic amines is 1. The summed E-state index contributed by atoms with van der Waals surface area (Å²) in [6.07, 6.45) is -4.23. The summed E-state index contributed by atoms with van der Waals surface area (Å²) in [5.74, 6) is -0.398. The molecule has 0 unspecified atom stereocenters. The van der Waals surface area contributed by atoms with Crippen molar-refractivity contribution in [3.8, 4) is 0 Å². The molecule has 3 rings (SSSR count). The number of carbonyl (C=O) groups excluding carboxylic acids is 1.